The van der Waals surface area contributed by atoms with Crippen molar-refractivity contribution >= 4 is 12.2 Å². The number of nitrogens with zero attached hydrogens (tertiary/aromatic N) is 1. The molecule has 0 saturated carbocycles. The highest BCUT2D eigenvalue weighted by Crippen LogP contribution is 2.33. The fourth-order valence-corrected chi connectivity index (χ4v) is 2.70. The predicted octanol–water partition coefficient (Wildman–Crippen LogP) is 3.30. The van der Waals surface area contributed by atoms with E-state index >= 15 is 0 Å². The van der Waals surface area contributed by atoms with E-state index in [1.165, 1.54) is 0 Å². The lowest BCUT2D eigenvalue weighted by molar-refractivity contribution is 0.459. The molecule has 1 aromatic heterocycles. The first-order chi connectivity index (χ1) is 8.58. The molecule has 0 bridgehead atoms. The zero-order chi connectivity index (χ0) is 12.9. The van der Waals surface area contributed by atoms with Crippen molar-refractivity contribution in [3.63, 3.8) is 0 Å². The molecule has 1 aliphatic rings. The molecule has 1 atom stereocenters. The van der Waals surface area contributed by atoms with E-state index in [2.05, 4.69) is 4.98 Å². The SMILES string of the molecule is Fc1ccc(F)c(C2Cc3c[nH]c(=S)n3C2)c1F. The molecule has 0 saturated heterocycles. The normalized spacial score (nSPS) is 18.1. The van der Waals surface area contributed by atoms with Gasteiger partial charge in [-0.15, -0.1) is 0 Å². The zero-order valence-electron chi connectivity index (χ0n) is 9.21. The van der Waals surface area contributed by atoms with Crippen LogP contribution in [0.2, 0.25) is 0 Å². The number of fused-ring (bicyclic) bond motifs is 1. The number of hydrogen-bond donors (Lipinski definition) is 1. The zero-order valence-corrected chi connectivity index (χ0v) is 10.0. The van der Waals surface area contributed by atoms with Crippen LogP contribution in [0.25, 0.3) is 0 Å². The minimum Gasteiger partial charge on any atom is -0.337 e. The molecule has 0 aliphatic carbocycles. The number of benzene rings is 1. The van der Waals surface area contributed by atoms with Gasteiger partial charge in [-0.3, -0.25) is 0 Å². The third-order valence-corrected chi connectivity index (χ3v) is 3.64. The van der Waals surface area contributed by atoms with Gasteiger partial charge in [-0.25, -0.2) is 13.2 Å². The second-order valence-electron chi connectivity index (χ2n) is 4.35. The van der Waals surface area contributed by atoms with Gasteiger partial charge in [0.1, 0.15) is 5.82 Å². The van der Waals surface area contributed by atoms with Gasteiger partial charge in [0.05, 0.1) is 0 Å². The second-order valence-corrected chi connectivity index (χ2v) is 4.74. The Morgan fingerprint density at radius 1 is 1.22 bits per heavy atom. The van der Waals surface area contributed by atoms with E-state index in [4.69, 9.17) is 12.2 Å². The summed E-state index contributed by atoms with van der Waals surface area (Å²) in [5.74, 6) is -3.24. The number of halogens is 3. The van der Waals surface area contributed by atoms with Crippen LogP contribution in [0.5, 0.6) is 0 Å². The average molecular weight is 270 g/mol. The highest BCUT2D eigenvalue weighted by molar-refractivity contribution is 7.71. The maximum atomic E-state index is 13.7. The first kappa shape index (κ1) is 11.5. The molecular formula is C12H9F3N2S. The predicted molar refractivity (Wildman–Crippen MR) is 62.4 cm³/mol. The van der Waals surface area contributed by atoms with Gasteiger partial charge in [0.2, 0.25) is 0 Å². The van der Waals surface area contributed by atoms with Gasteiger partial charge in [-0.2, -0.15) is 0 Å². The standard InChI is InChI=1S/C12H9F3N2S/c13-8-1-2-9(14)11(15)10(8)6-3-7-4-16-12(18)17(7)5-6/h1-2,4,6H,3,5H2,(H,16,18). The van der Waals surface area contributed by atoms with Gasteiger partial charge in [0.15, 0.2) is 16.4 Å². The average Bonchev–Trinajstić information content (AvgIpc) is 2.88. The number of H-pyrrole nitrogens is 1. The molecule has 3 rings (SSSR count). The monoisotopic (exact) mass is 270 g/mol. The Balaban J connectivity index is 2.05. The number of hydrogen-bond acceptors (Lipinski definition) is 1. The highest BCUT2D eigenvalue weighted by atomic mass is 32.1. The summed E-state index contributed by atoms with van der Waals surface area (Å²) in [4.78, 5) is 2.87. The summed E-state index contributed by atoms with van der Waals surface area (Å²) >= 11 is 5.05. The molecule has 6 heteroatoms. The van der Waals surface area contributed by atoms with Crippen molar-refractivity contribution in [3.8, 4) is 0 Å². The van der Waals surface area contributed by atoms with Gasteiger partial charge in [-0.05, 0) is 30.8 Å². The van der Waals surface area contributed by atoms with Gasteiger partial charge in [-0.1, -0.05) is 0 Å². The quantitative estimate of drug-likeness (QED) is 0.623. The minimum absolute atomic E-state index is 0.187. The molecule has 1 N–H and O–H groups in total. The molecule has 1 aromatic carbocycles. The van der Waals surface area contributed by atoms with Crippen LogP contribution in [0.1, 0.15) is 17.2 Å². The second kappa shape index (κ2) is 3.98. The Morgan fingerprint density at radius 2 is 1.94 bits per heavy atom. The van der Waals surface area contributed by atoms with Gasteiger partial charge in [0.25, 0.3) is 0 Å². The first-order valence-corrected chi connectivity index (χ1v) is 5.89. The van der Waals surface area contributed by atoms with E-state index < -0.39 is 23.4 Å². The third kappa shape index (κ3) is 1.59. The van der Waals surface area contributed by atoms with Crippen molar-refractivity contribution in [2.24, 2.45) is 0 Å². The smallest absolute Gasteiger partial charge is 0.177 e. The third-order valence-electron chi connectivity index (χ3n) is 3.30. The Hall–Kier alpha value is -1.56. The summed E-state index contributed by atoms with van der Waals surface area (Å²) in [7, 11) is 0. The molecule has 0 spiro atoms. The van der Waals surface area contributed by atoms with E-state index in [1.54, 1.807) is 10.8 Å². The van der Waals surface area contributed by atoms with Crippen LogP contribution in [0.15, 0.2) is 18.3 Å². The van der Waals surface area contributed by atoms with Crippen molar-refractivity contribution in [1.82, 2.24) is 9.55 Å². The maximum absolute atomic E-state index is 13.7. The lowest BCUT2D eigenvalue weighted by atomic mass is 9.96. The Morgan fingerprint density at radius 3 is 2.67 bits per heavy atom. The molecule has 0 fully saturated rings. The lowest BCUT2D eigenvalue weighted by Gasteiger charge is -2.12. The fraction of sp³-hybridized carbons (Fsp3) is 0.250. The van der Waals surface area contributed by atoms with Crippen molar-refractivity contribution in [2.45, 2.75) is 18.9 Å². The van der Waals surface area contributed by atoms with E-state index in [0.29, 0.717) is 17.7 Å². The van der Waals surface area contributed by atoms with Crippen molar-refractivity contribution in [1.29, 1.82) is 0 Å². The van der Waals surface area contributed by atoms with Crippen LogP contribution in [-0.4, -0.2) is 9.55 Å². The van der Waals surface area contributed by atoms with E-state index in [-0.39, 0.29) is 5.56 Å². The molecule has 2 aromatic rings. The van der Waals surface area contributed by atoms with Gasteiger partial charge in [0, 0.05) is 29.9 Å². The molecule has 2 nitrogen and oxygen atoms in total. The summed E-state index contributed by atoms with van der Waals surface area (Å²) in [5.41, 5.74) is 0.696. The van der Waals surface area contributed by atoms with Crippen LogP contribution in [0.4, 0.5) is 13.2 Å². The molecule has 18 heavy (non-hydrogen) atoms. The largest absolute Gasteiger partial charge is 0.337 e. The topological polar surface area (TPSA) is 20.7 Å². The van der Waals surface area contributed by atoms with Crippen LogP contribution in [0.3, 0.4) is 0 Å². The Bertz CT molecular complexity index is 674. The number of imidazole rings is 1. The highest BCUT2D eigenvalue weighted by Gasteiger charge is 2.29. The summed E-state index contributed by atoms with van der Waals surface area (Å²) < 4.78 is 42.8. The first-order valence-electron chi connectivity index (χ1n) is 5.48. The van der Waals surface area contributed by atoms with Crippen molar-refractivity contribution in [2.75, 3.05) is 0 Å². The molecule has 94 valence electrons. The van der Waals surface area contributed by atoms with Crippen molar-refractivity contribution in [3.05, 3.63) is 51.8 Å². The van der Waals surface area contributed by atoms with E-state index in [0.717, 1.165) is 17.8 Å². The number of aromatic amines is 1. The minimum atomic E-state index is -1.10. The number of aromatic nitrogens is 2. The van der Waals surface area contributed by atoms with E-state index in [9.17, 15) is 13.2 Å². The maximum Gasteiger partial charge on any atom is 0.177 e. The van der Waals surface area contributed by atoms with E-state index in [1.807, 2.05) is 0 Å². The molecule has 1 unspecified atom stereocenters. The van der Waals surface area contributed by atoms with Crippen LogP contribution in [0, 0.1) is 22.2 Å². The lowest BCUT2D eigenvalue weighted by Crippen LogP contribution is -2.08. The number of nitrogens with one attached hydrogen (secondary N) is 1. The van der Waals surface area contributed by atoms with Crippen LogP contribution >= 0.6 is 12.2 Å². The summed E-state index contributed by atoms with van der Waals surface area (Å²) in [6, 6.07) is 1.76. The Labute approximate surface area is 106 Å². The van der Waals surface area contributed by atoms with Crippen molar-refractivity contribution < 1.29 is 13.2 Å². The van der Waals surface area contributed by atoms with Crippen LogP contribution < -0.4 is 0 Å². The molecule has 0 amide bonds. The van der Waals surface area contributed by atoms with Gasteiger partial charge >= 0.3 is 0 Å². The number of rotatable bonds is 1. The van der Waals surface area contributed by atoms with Crippen LogP contribution in [-0.2, 0) is 13.0 Å². The molecule has 2 heterocycles. The molecular weight excluding hydrogens is 261 g/mol. The fourth-order valence-electron chi connectivity index (χ4n) is 2.45. The Kier molecular flexibility index (Phi) is 2.55. The summed E-state index contributed by atoms with van der Waals surface area (Å²) in [6.45, 7) is 0.370. The summed E-state index contributed by atoms with van der Waals surface area (Å²) in [6.07, 6.45) is 2.17. The molecule has 1 aliphatic heterocycles. The van der Waals surface area contributed by atoms with Gasteiger partial charge < -0.3 is 9.55 Å². The summed E-state index contributed by atoms with van der Waals surface area (Å²) in [5, 5.41) is 0. The molecule has 0 radical (unpaired) electrons.